The van der Waals surface area contributed by atoms with E-state index in [-0.39, 0.29) is 24.0 Å². The molecule has 1 saturated heterocycles. The fourth-order valence-electron chi connectivity index (χ4n) is 2.71. The van der Waals surface area contributed by atoms with Crippen LogP contribution < -0.4 is 15.4 Å². The molecular formula is C18H26IN5O2S. The summed E-state index contributed by atoms with van der Waals surface area (Å²) in [6.07, 6.45) is 1.84. The molecule has 1 aromatic carbocycles. The van der Waals surface area contributed by atoms with Gasteiger partial charge in [-0.25, -0.2) is 9.98 Å². The third kappa shape index (κ3) is 6.51. The lowest BCUT2D eigenvalue weighted by Gasteiger charge is -2.35. The van der Waals surface area contributed by atoms with Gasteiger partial charge in [0, 0.05) is 44.9 Å². The lowest BCUT2D eigenvalue weighted by atomic mass is 10.2. The van der Waals surface area contributed by atoms with Crippen molar-refractivity contribution in [3.63, 3.8) is 0 Å². The number of ether oxygens (including phenoxy) is 2. The van der Waals surface area contributed by atoms with Crippen LogP contribution >= 0.6 is 35.3 Å². The Balaban J connectivity index is 0.00000261. The van der Waals surface area contributed by atoms with Crippen LogP contribution in [0.25, 0.3) is 0 Å². The standard InChI is InChI=1S/C18H25N5O2S.HI/c1-24-11-12-25-16-4-2-15(3-5-16)14-21-17(19)22-7-9-23(10-8-22)18-20-6-13-26-18;/h2-6,13H,7-12,14H2,1H3,(H2,19,21);1H. The van der Waals surface area contributed by atoms with E-state index < -0.39 is 0 Å². The monoisotopic (exact) mass is 503 g/mol. The Bertz CT molecular complexity index is 688. The molecule has 0 spiro atoms. The van der Waals surface area contributed by atoms with Crippen molar-refractivity contribution in [3.8, 4) is 5.75 Å². The minimum Gasteiger partial charge on any atom is -0.491 e. The second-order valence-electron chi connectivity index (χ2n) is 5.95. The van der Waals surface area contributed by atoms with E-state index in [4.69, 9.17) is 15.2 Å². The first-order valence-corrected chi connectivity index (χ1v) is 9.54. The number of nitrogens with two attached hydrogens (primary N) is 1. The van der Waals surface area contributed by atoms with Crippen molar-refractivity contribution in [2.45, 2.75) is 6.54 Å². The van der Waals surface area contributed by atoms with Gasteiger partial charge in [-0.15, -0.1) is 35.3 Å². The van der Waals surface area contributed by atoms with Crippen molar-refractivity contribution in [1.29, 1.82) is 0 Å². The van der Waals surface area contributed by atoms with Crippen LogP contribution in [0.5, 0.6) is 5.75 Å². The first-order chi connectivity index (χ1) is 12.8. The molecule has 0 amide bonds. The van der Waals surface area contributed by atoms with Gasteiger partial charge in [0.15, 0.2) is 11.1 Å². The second-order valence-corrected chi connectivity index (χ2v) is 6.82. The maximum atomic E-state index is 6.18. The third-order valence-electron chi connectivity index (χ3n) is 4.20. The molecule has 1 fully saturated rings. The number of methoxy groups -OCH3 is 1. The Labute approximate surface area is 181 Å². The van der Waals surface area contributed by atoms with Crippen LogP contribution in [-0.2, 0) is 11.3 Å². The van der Waals surface area contributed by atoms with Gasteiger partial charge in [-0.1, -0.05) is 12.1 Å². The molecule has 27 heavy (non-hydrogen) atoms. The van der Waals surface area contributed by atoms with E-state index in [9.17, 15) is 0 Å². The lowest BCUT2D eigenvalue weighted by molar-refractivity contribution is 0.146. The molecule has 1 aromatic heterocycles. The summed E-state index contributed by atoms with van der Waals surface area (Å²) in [6.45, 7) is 5.25. The number of nitrogens with zero attached hydrogens (tertiary/aromatic N) is 4. The minimum atomic E-state index is 0. The van der Waals surface area contributed by atoms with E-state index in [0.717, 1.165) is 42.6 Å². The summed E-state index contributed by atoms with van der Waals surface area (Å²) in [5, 5.41) is 3.08. The van der Waals surface area contributed by atoms with Gasteiger partial charge in [0.1, 0.15) is 12.4 Å². The van der Waals surface area contributed by atoms with Gasteiger partial charge in [-0.3, -0.25) is 0 Å². The zero-order valence-electron chi connectivity index (χ0n) is 15.4. The van der Waals surface area contributed by atoms with Crippen molar-refractivity contribution in [2.24, 2.45) is 10.7 Å². The van der Waals surface area contributed by atoms with Gasteiger partial charge < -0.3 is 25.0 Å². The molecule has 1 aliphatic rings. The van der Waals surface area contributed by atoms with E-state index in [1.165, 1.54) is 0 Å². The first-order valence-electron chi connectivity index (χ1n) is 8.66. The summed E-state index contributed by atoms with van der Waals surface area (Å²) in [5.41, 5.74) is 7.28. The number of aromatic nitrogens is 1. The van der Waals surface area contributed by atoms with E-state index in [1.54, 1.807) is 18.4 Å². The largest absolute Gasteiger partial charge is 0.491 e. The molecule has 0 radical (unpaired) electrons. The Morgan fingerprint density at radius 1 is 1.19 bits per heavy atom. The zero-order valence-corrected chi connectivity index (χ0v) is 18.6. The molecule has 1 aliphatic heterocycles. The molecule has 0 atom stereocenters. The number of hydrogen-bond donors (Lipinski definition) is 1. The number of guanidine groups is 1. The number of hydrogen-bond acceptors (Lipinski definition) is 6. The molecule has 0 aliphatic carbocycles. The molecule has 0 saturated carbocycles. The zero-order chi connectivity index (χ0) is 18.2. The summed E-state index contributed by atoms with van der Waals surface area (Å²) in [6, 6.07) is 7.92. The summed E-state index contributed by atoms with van der Waals surface area (Å²) in [5.74, 6) is 1.44. The van der Waals surface area contributed by atoms with Gasteiger partial charge in [0.25, 0.3) is 0 Å². The van der Waals surface area contributed by atoms with Gasteiger partial charge in [-0.2, -0.15) is 0 Å². The highest BCUT2D eigenvalue weighted by Gasteiger charge is 2.19. The highest BCUT2D eigenvalue weighted by Crippen LogP contribution is 2.19. The van der Waals surface area contributed by atoms with E-state index in [1.807, 2.05) is 35.8 Å². The molecule has 2 aromatic rings. The quantitative estimate of drug-likeness (QED) is 0.271. The first kappa shape index (κ1) is 21.7. The van der Waals surface area contributed by atoms with Gasteiger partial charge in [-0.05, 0) is 17.7 Å². The molecule has 2 heterocycles. The average Bonchev–Trinajstić information content (AvgIpc) is 3.22. The van der Waals surface area contributed by atoms with Crippen LogP contribution in [0.1, 0.15) is 5.56 Å². The third-order valence-corrected chi connectivity index (χ3v) is 5.03. The highest BCUT2D eigenvalue weighted by molar-refractivity contribution is 14.0. The number of rotatable bonds is 7. The van der Waals surface area contributed by atoms with Crippen LogP contribution in [0, 0.1) is 0 Å². The van der Waals surface area contributed by atoms with Crippen LogP contribution in [0.2, 0.25) is 0 Å². The number of halogens is 1. The molecule has 148 valence electrons. The lowest BCUT2D eigenvalue weighted by Crippen LogP contribution is -2.51. The fraction of sp³-hybridized carbons (Fsp3) is 0.444. The van der Waals surface area contributed by atoms with Crippen LogP contribution in [0.15, 0.2) is 40.8 Å². The van der Waals surface area contributed by atoms with Gasteiger partial charge in [0.2, 0.25) is 0 Å². The molecule has 9 heteroatoms. The van der Waals surface area contributed by atoms with Crippen LogP contribution in [-0.4, -0.2) is 62.3 Å². The predicted octanol–water partition coefficient (Wildman–Crippen LogP) is 2.42. The van der Waals surface area contributed by atoms with E-state index in [0.29, 0.717) is 25.7 Å². The maximum absolute atomic E-state index is 6.18. The number of benzene rings is 1. The molecule has 3 rings (SSSR count). The second kappa shape index (κ2) is 11.3. The molecule has 0 bridgehead atoms. The van der Waals surface area contributed by atoms with Crippen molar-refractivity contribution in [3.05, 3.63) is 41.4 Å². The normalized spacial score (nSPS) is 14.8. The van der Waals surface area contributed by atoms with Gasteiger partial charge in [0.05, 0.1) is 13.2 Å². The smallest absolute Gasteiger partial charge is 0.191 e. The van der Waals surface area contributed by atoms with Crippen LogP contribution in [0.4, 0.5) is 5.13 Å². The minimum absolute atomic E-state index is 0. The molecule has 0 unspecified atom stereocenters. The average molecular weight is 503 g/mol. The van der Waals surface area contributed by atoms with Crippen molar-refractivity contribution < 1.29 is 9.47 Å². The number of thiazole rings is 1. The Hall–Kier alpha value is -1.59. The molecule has 2 N–H and O–H groups in total. The van der Waals surface area contributed by atoms with Crippen molar-refractivity contribution in [2.75, 3.05) is 51.4 Å². The summed E-state index contributed by atoms with van der Waals surface area (Å²) in [7, 11) is 1.66. The fourth-order valence-corrected chi connectivity index (χ4v) is 3.40. The number of aliphatic imine (C=N–C) groups is 1. The Morgan fingerprint density at radius 3 is 2.56 bits per heavy atom. The number of anilines is 1. The Kier molecular flexibility index (Phi) is 9.08. The van der Waals surface area contributed by atoms with E-state index >= 15 is 0 Å². The van der Waals surface area contributed by atoms with Crippen LogP contribution in [0.3, 0.4) is 0 Å². The molecule has 7 nitrogen and oxygen atoms in total. The summed E-state index contributed by atoms with van der Waals surface area (Å²) in [4.78, 5) is 13.3. The topological polar surface area (TPSA) is 76.2 Å². The number of piperazine rings is 1. The summed E-state index contributed by atoms with van der Waals surface area (Å²) >= 11 is 1.67. The Morgan fingerprint density at radius 2 is 1.93 bits per heavy atom. The van der Waals surface area contributed by atoms with Crippen molar-refractivity contribution >= 4 is 46.4 Å². The maximum Gasteiger partial charge on any atom is 0.191 e. The molecular weight excluding hydrogens is 477 g/mol. The SMILES string of the molecule is COCCOc1ccc(CN=C(N)N2CCN(c3nccs3)CC2)cc1.I. The van der Waals surface area contributed by atoms with Gasteiger partial charge >= 0.3 is 0 Å². The highest BCUT2D eigenvalue weighted by atomic mass is 127. The summed E-state index contributed by atoms with van der Waals surface area (Å²) < 4.78 is 10.5. The van der Waals surface area contributed by atoms with Crippen molar-refractivity contribution in [1.82, 2.24) is 9.88 Å². The van der Waals surface area contributed by atoms with E-state index in [2.05, 4.69) is 19.8 Å². The predicted molar refractivity (Wildman–Crippen MR) is 120 cm³/mol.